The van der Waals surface area contributed by atoms with Gasteiger partial charge in [-0.15, -0.1) is 0 Å². The Morgan fingerprint density at radius 1 is 1.17 bits per heavy atom. The highest BCUT2D eigenvalue weighted by Crippen LogP contribution is 2.15. The Balaban J connectivity index is 1.66. The number of rotatable bonds is 6. The fraction of sp³-hybridized carbons (Fsp3) is 1.00. The van der Waals surface area contributed by atoms with Crippen LogP contribution in [0.2, 0.25) is 0 Å². The zero-order valence-electron chi connectivity index (χ0n) is 7.66. The number of nitrogens with zero attached hydrogens (tertiary/aromatic N) is 1. The molecule has 2 atom stereocenters. The van der Waals surface area contributed by atoms with Crippen molar-refractivity contribution in [2.24, 2.45) is 0 Å². The smallest absolute Gasteiger partial charge is 0.0936 e. The van der Waals surface area contributed by atoms with E-state index in [9.17, 15) is 0 Å². The molecule has 0 radical (unpaired) electrons. The molecule has 2 heterocycles. The van der Waals surface area contributed by atoms with E-state index in [0.717, 1.165) is 26.3 Å². The largest absolute Gasteiger partial charge is 0.372 e. The summed E-state index contributed by atoms with van der Waals surface area (Å²) < 4.78 is 10.4. The number of hydrogen-bond acceptors (Lipinski definition) is 3. The molecule has 12 heavy (non-hydrogen) atoms. The standard InChI is InChI=1S/C9H17NO2/c1-2-3-10(4-8-6-11-8)5-9-7-12-9/h8-9H,2-7H2,1H3. The van der Waals surface area contributed by atoms with E-state index in [0.29, 0.717) is 12.2 Å². The summed E-state index contributed by atoms with van der Waals surface area (Å²) in [7, 11) is 0. The van der Waals surface area contributed by atoms with Crippen LogP contribution in [0.15, 0.2) is 0 Å². The molecule has 70 valence electrons. The van der Waals surface area contributed by atoms with Crippen molar-refractivity contribution < 1.29 is 9.47 Å². The lowest BCUT2D eigenvalue weighted by Gasteiger charge is -2.18. The van der Waals surface area contributed by atoms with Crippen LogP contribution in [0.25, 0.3) is 0 Å². The van der Waals surface area contributed by atoms with Crippen LogP contribution >= 0.6 is 0 Å². The van der Waals surface area contributed by atoms with Crippen LogP contribution in [0, 0.1) is 0 Å². The lowest BCUT2D eigenvalue weighted by Crippen LogP contribution is -2.32. The molecule has 2 fully saturated rings. The van der Waals surface area contributed by atoms with Gasteiger partial charge in [0.25, 0.3) is 0 Å². The predicted octanol–water partition coefficient (Wildman–Crippen LogP) is 0.496. The summed E-state index contributed by atoms with van der Waals surface area (Å²) in [5.74, 6) is 0. The van der Waals surface area contributed by atoms with E-state index in [1.807, 2.05) is 0 Å². The van der Waals surface area contributed by atoms with Crippen molar-refractivity contribution in [1.82, 2.24) is 4.90 Å². The Hall–Kier alpha value is -0.120. The Kier molecular flexibility index (Phi) is 2.63. The average Bonchev–Trinajstić information content (AvgIpc) is 2.82. The van der Waals surface area contributed by atoms with Gasteiger partial charge in [0.1, 0.15) is 0 Å². The summed E-state index contributed by atoms with van der Waals surface area (Å²) in [6.07, 6.45) is 2.27. The lowest BCUT2D eigenvalue weighted by atomic mass is 10.3. The molecule has 0 aromatic rings. The fourth-order valence-electron chi connectivity index (χ4n) is 1.50. The Bertz CT molecular complexity index is 129. The van der Waals surface area contributed by atoms with Crippen molar-refractivity contribution in [2.45, 2.75) is 25.6 Å². The number of hydrogen-bond donors (Lipinski definition) is 0. The van der Waals surface area contributed by atoms with E-state index in [1.54, 1.807) is 0 Å². The van der Waals surface area contributed by atoms with Crippen LogP contribution < -0.4 is 0 Å². The Morgan fingerprint density at radius 2 is 1.67 bits per heavy atom. The molecule has 0 spiro atoms. The van der Waals surface area contributed by atoms with Gasteiger partial charge in [-0.3, -0.25) is 4.90 Å². The Morgan fingerprint density at radius 3 is 2.00 bits per heavy atom. The molecule has 0 aromatic heterocycles. The summed E-state index contributed by atoms with van der Waals surface area (Å²) in [6, 6.07) is 0. The van der Waals surface area contributed by atoms with Crippen molar-refractivity contribution in [3.63, 3.8) is 0 Å². The van der Waals surface area contributed by atoms with Gasteiger partial charge in [-0.1, -0.05) is 6.92 Å². The molecule has 2 rings (SSSR count). The van der Waals surface area contributed by atoms with Gasteiger partial charge in [0, 0.05) is 13.1 Å². The first kappa shape index (κ1) is 8.48. The molecule has 0 bridgehead atoms. The van der Waals surface area contributed by atoms with E-state index in [1.165, 1.54) is 13.0 Å². The minimum absolute atomic E-state index is 0.523. The molecule has 2 aliphatic rings. The van der Waals surface area contributed by atoms with Gasteiger partial charge in [0.05, 0.1) is 25.4 Å². The van der Waals surface area contributed by atoms with Crippen LogP contribution in [0.4, 0.5) is 0 Å². The molecule has 0 N–H and O–H groups in total. The van der Waals surface area contributed by atoms with Gasteiger partial charge in [-0.25, -0.2) is 0 Å². The van der Waals surface area contributed by atoms with Gasteiger partial charge < -0.3 is 9.47 Å². The van der Waals surface area contributed by atoms with E-state index in [2.05, 4.69) is 11.8 Å². The molecule has 2 aliphatic heterocycles. The highest BCUT2D eigenvalue weighted by Gasteiger charge is 2.29. The topological polar surface area (TPSA) is 28.3 Å². The first-order chi connectivity index (χ1) is 5.88. The number of ether oxygens (including phenoxy) is 2. The van der Waals surface area contributed by atoms with Gasteiger partial charge in [0.2, 0.25) is 0 Å². The van der Waals surface area contributed by atoms with Crippen molar-refractivity contribution in [3.8, 4) is 0 Å². The quantitative estimate of drug-likeness (QED) is 0.545. The molecule has 0 amide bonds. The molecule has 0 aromatic carbocycles. The lowest BCUT2D eigenvalue weighted by molar-refractivity contribution is 0.220. The second-order valence-corrected chi connectivity index (χ2v) is 3.67. The second-order valence-electron chi connectivity index (χ2n) is 3.67. The second kappa shape index (κ2) is 3.73. The first-order valence-electron chi connectivity index (χ1n) is 4.84. The highest BCUT2D eigenvalue weighted by atomic mass is 16.6. The highest BCUT2D eigenvalue weighted by molar-refractivity contribution is 4.79. The third-order valence-corrected chi connectivity index (χ3v) is 2.27. The zero-order valence-corrected chi connectivity index (χ0v) is 7.66. The molecule has 0 saturated carbocycles. The Labute approximate surface area is 73.6 Å². The maximum atomic E-state index is 5.20. The van der Waals surface area contributed by atoms with Crippen molar-refractivity contribution in [3.05, 3.63) is 0 Å². The molecule has 2 saturated heterocycles. The van der Waals surface area contributed by atoms with Crippen molar-refractivity contribution >= 4 is 0 Å². The fourth-order valence-corrected chi connectivity index (χ4v) is 1.50. The van der Waals surface area contributed by atoms with E-state index in [4.69, 9.17) is 9.47 Å². The van der Waals surface area contributed by atoms with E-state index in [-0.39, 0.29) is 0 Å². The van der Waals surface area contributed by atoms with Crippen LogP contribution in [0.3, 0.4) is 0 Å². The maximum absolute atomic E-state index is 5.20. The van der Waals surface area contributed by atoms with Crippen molar-refractivity contribution in [1.29, 1.82) is 0 Å². The van der Waals surface area contributed by atoms with Crippen LogP contribution in [0.1, 0.15) is 13.3 Å². The summed E-state index contributed by atoms with van der Waals surface area (Å²) in [4.78, 5) is 2.45. The molecule has 2 unspecified atom stereocenters. The minimum Gasteiger partial charge on any atom is -0.372 e. The predicted molar refractivity (Wildman–Crippen MR) is 46.2 cm³/mol. The summed E-state index contributed by atoms with van der Waals surface area (Å²) >= 11 is 0. The summed E-state index contributed by atoms with van der Waals surface area (Å²) in [5, 5.41) is 0. The van der Waals surface area contributed by atoms with Crippen LogP contribution in [-0.2, 0) is 9.47 Å². The maximum Gasteiger partial charge on any atom is 0.0936 e. The van der Waals surface area contributed by atoms with Gasteiger partial charge in [0.15, 0.2) is 0 Å². The first-order valence-corrected chi connectivity index (χ1v) is 4.84. The molecule has 3 nitrogen and oxygen atoms in total. The third-order valence-electron chi connectivity index (χ3n) is 2.27. The molecular formula is C9H17NO2. The SMILES string of the molecule is CCCN(CC1CO1)CC1CO1. The molecule has 3 heteroatoms. The number of epoxide rings is 2. The normalized spacial score (nSPS) is 32.5. The van der Waals surface area contributed by atoms with Crippen LogP contribution in [-0.4, -0.2) is 50.0 Å². The monoisotopic (exact) mass is 171 g/mol. The van der Waals surface area contributed by atoms with Gasteiger partial charge in [-0.05, 0) is 13.0 Å². The molecule has 0 aliphatic carbocycles. The van der Waals surface area contributed by atoms with Crippen LogP contribution in [0.5, 0.6) is 0 Å². The summed E-state index contributed by atoms with van der Waals surface area (Å²) in [5.41, 5.74) is 0. The third kappa shape index (κ3) is 2.73. The van der Waals surface area contributed by atoms with Gasteiger partial charge >= 0.3 is 0 Å². The molecular weight excluding hydrogens is 154 g/mol. The van der Waals surface area contributed by atoms with Gasteiger partial charge in [-0.2, -0.15) is 0 Å². The van der Waals surface area contributed by atoms with Crippen molar-refractivity contribution in [2.75, 3.05) is 32.8 Å². The zero-order chi connectivity index (χ0) is 8.39. The average molecular weight is 171 g/mol. The van der Waals surface area contributed by atoms with E-state index < -0.39 is 0 Å². The van der Waals surface area contributed by atoms with E-state index >= 15 is 0 Å². The minimum atomic E-state index is 0.523. The summed E-state index contributed by atoms with van der Waals surface area (Å²) in [6.45, 7) is 7.53.